The fourth-order valence-corrected chi connectivity index (χ4v) is 0.326. The largest absolute Gasteiger partial charge is 0.478 e. The van der Waals surface area contributed by atoms with Gasteiger partial charge in [-0.3, -0.25) is 4.79 Å². The summed E-state index contributed by atoms with van der Waals surface area (Å²) >= 11 is 0. The molecular formula is C6H8O3. The Morgan fingerprint density at radius 2 is 2.11 bits per heavy atom. The summed E-state index contributed by atoms with van der Waals surface area (Å²) in [6.45, 7) is 1.41. The van der Waals surface area contributed by atoms with Crippen LogP contribution in [0, 0.1) is 0 Å². The molecule has 0 heterocycles. The number of hydrogen-bond donors (Lipinski definition) is 1. The maximum Gasteiger partial charge on any atom is 0.327 e. The second-order valence-electron chi connectivity index (χ2n) is 1.65. The second kappa shape index (κ2) is 3.83. The first-order valence-electron chi connectivity index (χ1n) is 2.52. The Bertz CT molecular complexity index is 146. The predicted molar refractivity (Wildman–Crippen MR) is 32.1 cm³/mol. The van der Waals surface area contributed by atoms with E-state index in [-0.39, 0.29) is 12.2 Å². The van der Waals surface area contributed by atoms with Crippen LogP contribution in [0.1, 0.15) is 13.3 Å². The quantitative estimate of drug-likeness (QED) is 0.566. The second-order valence-corrected chi connectivity index (χ2v) is 1.65. The Hall–Kier alpha value is -1.12. The molecule has 0 saturated carbocycles. The number of hydrogen-bond acceptors (Lipinski definition) is 2. The molecule has 0 unspecified atom stereocenters. The zero-order valence-electron chi connectivity index (χ0n) is 5.13. The van der Waals surface area contributed by atoms with E-state index in [1.807, 2.05) is 0 Å². The van der Waals surface area contributed by atoms with Crippen molar-refractivity contribution in [3.8, 4) is 0 Å². The van der Waals surface area contributed by atoms with Gasteiger partial charge in [0, 0.05) is 12.5 Å². The van der Waals surface area contributed by atoms with E-state index in [4.69, 9.17) is 5.11 Å². The molecule has 0 rings (SSSR count). The minimum atomic E-state index is -1.02. The van der Waals surface area contributed by atoms with Crippen LogP contribution in [-0.2, 0) is 9.59 Å². The number of ketones is 1. The van der Waals surface area contributed by atoms with Crippen LogP contribution in [0.2, 0.25) is 0 Å². The summed E-state index contributed by atoms with van der Waals surface area (Å²) in [5, 5.41) is 8.03. The molecule has 0 aliphatic rings. The third-order valence-corrected chi connectivity index (χ3v) is 0.666. The lowest BCUT2D eigenvalue weighted by atomic mass is 10.3. The Labute approximate surface area is 53.0 Å². The van der Waals surface area contributed by atoms with E-state index in [2.05, 4.69) is 0 Å². The Morgan fingerprint density at radius 3 is 2.44 bits per heavy atom. The van der Waals surface area contributed by atoms with Crippen molar-refractivity contribution in [1.82, 2.24) is 0 Å². The summed E-state index contributed by atoms with van der Waals surface area (Å²) in [6, 6.07) is 0. The maximum absolute atomic E-state index is 10.2. The topological polar surface area (TPSA) is 54.4 Å². The van der Waals surface area contributed by atoms with Gasteiger partial charge in [-0.2, -0.15) is 0 Å². The summed E-state index contributed by atoms with van der Waals surface area (Å²) in [6.07, 6.45) is 2.48. The number of Topliss-reactive ketones (excluding diaryl/α,β-unsaturated/α-hetero) is 1. The van der Waals surface area contributed by atoms with Crippen molar-refractivity contribution < 1.29 is 14.7 Å². The van der Waals surface area contributed by atoms with Crippen molar-refractivity contribution in [2.24, 2.45) is 0 Å². The van der Waals surface area contributed by atoms with Crippen molar-refractivity contribution in [1.29, 1.82) is 0 Å². The van der Waals surface area contributed by atoms with Gasteiger partial charge in [0.15, 0.2) is 0 Å². The van der Waals surface area contributed by atoms with E-state index in [1.54, 1.807) is 0 Å². The predicted octanol–water partition coefficient (Wildman–Crippen LogP) is 0.606. The molecule has 0 bridgehead atoms. The molecule has 0 aromatic rings. The first-order valence-corrected chi connectivity index (χ1v) is 2.52. The number of aliphatic carboxylic acids is 1. The molecule has 0 radical (unpaired) electrons. The summed E-state index contributed by atoms with van der Waals surface area (Å²) in [5.41, 5.74) is 0. The lowest BCUT2D eigenvalue weighted by molar-refractivity contribution is -0.131. The average Bonchev–Trinajstić information content (AvgIpc) is 1.63. The van der Waals surface area contributed by atoms with Gasteiger partial charge in [-0.25, -0.2) is 4.79 Å². The van der Waals surface area contributed by atoms with Crippen molar-refractivity contribution in [2.75, 3.05) is 0 Å². The lowest BCUT2D eigenvalue weighted by Crippen LogP contribution is -1.89. The molecule has 3 heteroatoms. The first kappa shape index (κ1) is 7.88. The SMILES string of the molecule is CC(=O)C/C=C\C(=O)O. The molecule has 0 aromatic carbocycles. The average molecular weight is 128 g/mol. The van der Waals surface area contributed by atoms with Crippen molar-refractivity contribution in [2.45, 2.75) is 13.3 Å². The molecule has 0 spiro atoms. The Balaban J connectivity index is 3.48. The monoisotopic (exact) mass is 128 g/mol. The molecule has 9 heavy (non-hydrogen) atoms. The first-order chi connectivity index (χ1) is 4.13. The number of allylic oxidation sites excluding steroid dienone is 1. The van der Waals surface area contributed by atoms with Crippen molar-refractivity contribution in [3.63, 3.8) is 0 Å². The zero-order valence-corrected chi connectivity index (χ0v) is 5.13. The van der Waals surface area contributed by atoms with E-state index < -0.39 is 5.97 Å². The minimum Gasteiger partial charge on any atom is -0.478 e. The van der Waals surface area contributed by atoms with Gasteiger partial charge in [-0.15, -0.1) is 0 Å². The van der Waals surface area contributed by atoms with Crippen LogP contribution < -0.4 is 0 Å². The lowest BCUT2D eigenvalue weighted by Gasteiger charge is -1.80. The Morgan fingerprint density at radius 1 is 1.56 bits per heavy atom. The fourth-order valence-electron chi connectivity index (χ4n) is 0.326. The smallest absolute Gasteiger partial charge is 0.327 e. The zero-order chi connectivity index (χ0) is 7.28. The molecule has 0 aliphatic heterocycles. The van der Waals surface area contributed by atoms with E-state index in [0.717, 1.165) is 6.08 Å². The highest BCUT2D eigenvalue weighted by Gasteiger charge is 1.87. The van der Waals surface area contributed by atoms with Crippen LogP contribution in [0.4, 0.5) is 0 Å². The van der Waals surface area contributed by atoms with Gasteiger partial charge in [-0.1, -0.05) is 6.08 Å². The summed E-state index contributed by atoms with van der Waals surface area (Å²) in [4.78, 5) is 20.0. The molecule has 0 saturated heterocycles. The number of carbonyl (C=O) groups excluding carboxylic acids is 1. The highest BCUT2D eigenvalue weighted by molar-refractivity contribution is 5.82. The van der Waals surface area contributed by atoms with Crippen LogP contribution in [0.5, 0.6) is 0 Å². The summed E-state index contributed by atoms with van der Waals surface area (Å²) < 4.78 is 0. The maximum atomic E-state index is 10.2. The minimum absolute atomic E-state index is 0.0347. The van der Waals surface area contributed by atoms with Gasteiger partial charge in [-0.05, 0) is 6.92 Å². The number of rotatable bonds is 3. The summed E-state index contributed by atoms with van der Waals surface area (Å²) in [5.74, 6) is -1.05. The van der Waals surface area contributed by atoms with Gasteiger partial charge in [0.25, 0.3) is 0 Å². The third-order valence-electron chi connectivity index (χ3n) is 0.666. The van der Waals surface area contributed by atoms with Crippen LogP contribution in [0.3, 0.4) is 0 Å². The van der Waals surface area contributed by atoms with Gasteiger partial charge in [0.2, 0.25) is 0 Å². The van der Waals surface area contributed by atoms with Gasteiger partial charge in [0.1, 0.15) is 5.78 Å². The molecule has 1 N–H and O–H groups in total. The van der Waals surface area contributed by atoms with Gasteiger partial charge in [0.05, 0.1) is 0 Å². The van der Waals surface area contributed by atoms with Crippen LogP contribution in [0.15, 0.2) is 12.2 Å². The van der Waals surface area contributed by atoms with Crippen molar-refractivity contribution in [3.05, 3.63) is 12.2 Å². The highest BCUT2D eigenvalue weighted by atomic mass is 16.4. The van der Waals surface area contributed by atoms with Gasteiger partial charge >= 0.3 is 5.97 Å². The Kier molecular flexibility index (Phi) is 3.35. The van der Waals surface area contributed by atoms with Gasteiger partial charge < -0.3 is 5.11 Å². The standard InChI is InChI=1S/C6H8O3/c1-5(7)3-2-4-6(8)9/h2,4H,3H2,1H3,(H,8,9)/b4-2-. The van der Waals surface area contributed by atoms with E-state index in [1.165, 1.54) is 13.0 Å². The van der Waals surface area contributed by atoms with E-state index >= 15 is 0 Å². The summed E-state index contributed by atoms with van der Waals surface area (Å²) in [7, 11) is 0. The third kappa shape index (κ3) is 6.88. The molecule has 0 atom stereocenters. The van der Waals surface area contributed by atoms with Crippen LogP contribution in [-0.4, -0.2) is 16.9 Å². The highest BCUT2D eigenvalue weighted by Crippen LogP contribution is 1.83. The molecule has 3 nitrogen and oxygen atoms in total. The van der Waals surface area contributed by atoms with Crippen molar-refractivity contribution >= 4 is 11.8 Å². The molecule has 50 valence electrons. The number of carboxylic acids is 1. The molecule has 0 amide bonds. The molecule has 0 fully saturated rings. The molecule has 0 aliphatic carbocycles. The van der Waals surface area contributed by atoms with Crippen LogP contribution in [0.25, 0.3) is 0 Å². The van der Waals surface area contributed by atoms with E-state index in [0.29, 0.717) is 0 Å². The molecular weight excluding hydrogens is 120 g/mol. The molecule has 0 aromatic heterocycles. The van der Waals surface area contributed by atoms with Crippen LogP contribution >= 0.6 is 0 Å². The number of carboxylic acid groups (broad SMARTS) is 1. The fraction of sp³-hybridized carbons (Fsp3) is 0.333. The number of carbonyl (C=O) groups is 2. The van der Waals surface area contributed by atoms with E-state index in [9.17, 15) is 9.59 Å². The normalized spacial score (nSPS) is 9.89.